The van der Waals surface area contributed by atoms with Crippen LogP contribution in [0.15, 0.2) is 42.6 Å². The second-order valence-corrected chi connectivity index (χ2v) is 6.35. The van der Waals surface area contributed by atoms with Crippen LogP contribution in [0.3, 0.4) is 0 Å². The molecule has 0 radical (unpaired) electrons. The van der Waals surface area contributed by atoms with Crippen molar-refractivity contribution in [1.29, 1.82) is 0 Å². The van der Waals surface area contributed by atoms with Crippen LogP contribution in [0.4, 0.5) is 11.6 Å². The van der Waals surface area contributed by atoms with Gasteiger partial charge < -0.3 is 14.8 Å². The molecule has 8 heteroatoms. The van der Waals surface area contributed by atoms with Crippen LogP contribution in [0.2, 0.25) is 0 Å². The van der Waals surface area contributed by atoms with E-state index in [0.717, 1.165) is 28.2 Å². The van der Waals surface area contributed by atoms with E-state index in [9.17, 15) is 4.79 Å². The maximum Gasteiger partial charge on any atom is 0.306 e. The van der Waals surface area contributed by atoms with Crippen LogP contribution >= 0.6 is 0 Å². The molecule has 1 N–H and O–H groups in total. The molecule has 2 aromatic heterocycles. The molecular formula is C21H23N5O3. The zero-order valence-electron chi connectivity index (χ0n) is 16.7. The predicted octanol–water partition coefficient (Wildman–Crippen LogP) is 3.49. The van der Waals surface area contributed by atoms with Gasteiger partial charge in [0.05, 0.1) is 31.5 Å². The highest BCUT2D eigenvalue weighted by Gasteiger charge is 2.08. The predicted molar refractivity (Wildman–Crippen MR) is 109 cm³/mol. The van der Waals surface area contributed by atoms with Crippen LogP contribution in [0.5, 0.6) is 5.88 Å². The molecular weight excluding hydrogens is 370 g/mol. The van der Waals surface area contributed by atoms with Gasteiger partial charge in [-0.3, -0.25) is 4.79 Å². The Hall–Kier alpha value is -3.55. The fourth-order valence-corrected chi connectivity index (χ4v) is 2.76. The van der Waals surface area contributed by atoms with E-state index in [0.29, 0.717) is 31.3 Å². The Morgan fingerprint density at radius 3 is 2.72 bits per heavy atom. The zero-order chi connectivity index (χ0) is 20.6. The molecule has 0 atom stereocenters. The number of methoxy groups -OCH3 is 1. The molecule has 0 amide bonds. The number of esters is 1. The lowest BCUT2D eigenvalue weighted by atomic mass is 10.1. The smallest absolute Gasteiger partial charge is 0.306 e. The molecule has 0 saturated carbocycles. The molecule has 8 nitrogen and oxygen atoms in total. The van der Waals surface area contributed by atoms with Crippen molar-refractivity contribution < 1.29 is 14.3 Å². The standard InChI is InChI=1S/C21H23N5O3/c1-4-29-20(27)8-6-16-5-7-18(26-25-16)15-11-14(2)12-17(13-15)23-21-22-10-9-19(24-21)28-3/h5,7,9-13H,4,6,8H2,1-3H3,(H,22,23,24). The SMILES string of the molecule is CCOC(=O)CCc1ccc(-c2cc(C)cc(Nc3nccc(OC)n3)c2)nn1. The van der Waals surface area contributed by atoms with Gasteiger partial charge in [0.1, 0.15) is 0 Å². The van der Waals surface area contributed by atoms with Crippen molar-refractivity contribution in [3.8, 4) is 17.1 Å². The van der Waals surface area contributed by atoms with E-state index in [4.69, 9.17) is 9.47 Å². The summed E-state index contributed by atoms with van der Waals surface area (Å²) in [5.74, 6) is 0.702. The number of nitrogens with one attached hydrogen (secondary N) is 1. The van der Waals surface area contributed by atoms with Crippen LogP contribution in [0, 0.1) is 6.92 Å². The minimum absolute atomic E-state index is 0.229. The molecule has 0 aliphatic carbocycles. The molecule has 29 heavy (non-hydrogen) atoms. The number of hydrogen-bond donors (Lipinski definition) is 1. The Morgan fingerprint density at radius 1 is 1.14 bits per heavy atom. The molecule has 3 rings (SSSR count). The molecule has 1 aromatic carbocycles. The van der Waals surface area contributed by atoms with Crippen LogP contribution in [0.25, 0.3) is 11.3 Å². The highest BCUT2D eigenvalue weighted by Crippen LogP contribution is 2.25. The lowest BCUT2D eigenvalue weighted by molar-refractivity contribution is -0.143. The average molecular weight is 393 g/mol. The minimum atomic E-state index is -0.229. The number of aromatic nitrogens is 4. The first-order valence-corrected chi connectivity index (χ1v) is 9.31. The minimum Gasteiger partial charge on any atom is -0.481 e. The van der Waals surface area contributed by atoms with Gasteiger partial charge in [0.25, 0.3) is 0 Å². The molecule has 0 aliphatic heterocycles. The van der Waals surface area contributed by atoms with Gasteiger partial charge in [-0.05, 0) is 49.7 Å². The van der Waals surface area contributed by atoms with Crippen LogP contribution in [-0.4, -0.2) is 39.9 Å². The van der Waals surface area contributed by atoms with E-state index in [-0.39, 0.29) is 5.97 Å². The van der Waals surface area contributed by atoms with Gasteiger partial charge in [-0.15, -0.1) is 0 Å². The lowest BCUT2D eigenvalue weighted by Gasteiger charge is -2.10. The third-order valence-electron chi connectivity index (χ3n) is 4.08. The molecule has 0 saturated heterocycles. The Kier molecular flexibility index (Phi) is 6.67. The van der Waals surface area contributed by atoms with Gasteiger partial charge in [0.15, 0.2) is 0 Å². The van der Waals surface area contributed by atoms with E-state index in [2.05, 4.69) is 25.5 Å². The number of hydrogen-bond acceptors (Lipinski definition) is 8. The zero-order valence-corrected chi connectivity index (χ0v) is 16.7. The molecule has 2 heterocycles. The van der Waals surface area contributed by atoms with Crippen LogP contribution < -0.4 is 10.1 Å². The number of aryl methyl sites for hydroxylation is 2. The van der Waals surface area contributed by atoms with Crippen molar-refractivity contribution in [3.05, 3.63) is 53.9 Å². The molecule has 0 aliphatic rings. The topological polar surface area (TPSA) is 99.1 Å². The van der Waals surface area contributed by atoms with E-state index in [1.54, 1.807) is 26.3 Å². The van der Waals surface area contributed by atoms with Crippen molar-refractivity contribution in [1.82, 2.24) is 20.2 Å². The second kappa shape index (κ2) is 9.59. The summed E-state index contributed by atoms with van der Waals surface area (Å²) in [5, 5.41) is 11.7. The number of rotatable bonds is 8. The molecule has 3 aromatic rings. The van der Waals surface area contributed by atoms with E-state index in [1.807, 2.05) is 37.3 Å². The van der Waals surface area contributed by atoms with Gasteiger partial charge in [-0.25, -0.2) is 4.98 Å². The maximum absolute atomic E-state index is 11.5. The van der Waals surface area contributed by atoms with Crippen LogP contribution in [-0.2, 0) is 16.0 Å². The largest absolute Gasteiger partial charge is 0.481 e. The fourth-order valence-electron chi connectivity index (χ4n) is 2.76. The summed E-state index contributed by atoms with van der Waals surface area (Å²) in [5.41, 5.74) is 4.29. The second-order valence-electron chi connectivity index (χ2n) is 6.35. The summed E-state index contributed by atoms with van der Waals surface area (Å²) in [6.45, 7) is 4.17. The first-order chi connectivity index (χ1) is 14.1. The summed E-state index contributed by atoms with van der Waals surface area (Å²) in [4.78, 5) is 19.9. The van der Waals surface area contributed by atoms with Crippen molar-refractivity contribution in [3.63, 3.8) is 0 Å². The number of carbonyl (C=O) groups is 1. The van der Waals surface area contributed by atoms with E-state index in [1.165, 1.54) is 0 Å². The van der Waals surface area contributed by atoms with Crippen molar-refractivity contribution >= 4 is 17.6 Å². The molecule has 0 bridgehead atoms. The van der Waals surface area contributed by atoms with Crippen molar-refractivity contribution in [2.24, 2.45) is 0 Å². The quantitative estimate of drug-likeness (QED) is 0.581. The van der Waals surface area contributed by atoms with Gasteiger partial charge in [0.2, 0.25) is 11.8 Å². The Balaban J connectivity index is 1.74. The summed E-state index contributed by atoms with van der Waals surface area (Å²) < 4.78 is 10.1. The molecule has 150 valence electrons. The summed E-state index contributed by atoms with van der Waals surface area (Å²) in [7, 11) is 1.56. The molecule has 0 fully saturated rings. The Morgan fingerprint density at radius 2 is 2.00 bits per heavy atom. The monoisotopic (exact) mass is 393 g/mol. The van der Waals surface area contributed by atoms with Crippen LogP contribution in [0.1, 0.15) is 24.6 Å². The third-order valence-corrected chi connectivity index (χ3v) is 4.08. The highest BCUT2D eigenvalue weighted by atomic mass is 16.5. The summed E-state index contributed by atoms with van der Waals surface area (Å²) in [6, 6.07) is 11.4. The highest BCUT2D eigenvalue weighted by molar-refractivity contribution is 5.70. The molecule has 0 unspecified atom stereocenters. The van der Waals surface area contributed by atoms with Gasteiger partial charge in [-0.2, -0.15) is 15.2 Å². The van der Waals surface area contributed by atoms with Gasteiger partial charge in [-0.1, -0.05) is 0 Å². The Bertz CT molecular complexity index is 976. The normalized spacial score (nSPS) is 10.4. The van der Waals surface area contributed by atoms with Gasteiger partial charge in [0, 0.05) is 29.9 Å². The first kappa shape index (κ1) is 20.2. The Labute approximate surface area is 169 Å². The molecule has 0 spiro atoms. The average Bonchev–Trinajstić information content (AvgIpc) is 2.72. The number of ether oxygens (including phenoxy) is 2. The van der Waals surface area contributed by atoms with E-state index < -0.39 is 0 Å². The maximum atomic E-state index is 11.5. The van der Waals surface area contributed by atoms with Crippen molar-refractivity contribution in [2.75, 3.05) is 19.0 Å². The summed E-state index contributed by atoms with van der Waals surface area (Å²) in [6.07, 6.45) is 2.42. The number of benzene rings is 1. The van der Waals surface area contributed by atoms with Gasteiger partial charge >= 0.3 is 5.97 Å². The lowest BCUT2D eigenvalue weighted by Crippen LogP contribution is -2.06. The number of carbonyl (C=O) groups excluding carboxylic acids is 1. The number of anilines is 2. The fraction of sp³-hybridized carbons (Fsp3) is 0.286. The van der Waals surface area contributed by atoms with Crippen molar-refractivity contribution in [2.45, 2.75) is 26.7 Å². The third kappa shape index (κ3) is 5.71. The first-order valence-electron chi connectivity index (χ1n) is 9.31. The van der Waals surface area contributed by atoms with E-state index >= 15 is 0 Å². The number of nitrogens with zero attached hydrogens (tertiary/aromatic N) is 4. The summed E-state index contributed by atoms with van der Waals surface area (Å²) >= 11 is 0.